The SMILES string of the molecule is CCC(=O)N1CSCC1C(=O)N(C)C(C)CN. The number of carbonyl (C=O) groups excluding carboxylic acids is 2. The number of hydrogen-bond acceptors (Lipinski definition) is 4. The average Bonchev–Trinajstić information content (AvgIpc) is 2.83. The molecule has 2 amide bonds. The smallest absolute Gasteiger partial charge is 0.246 e. The second-order valence-corrected chi connectivity index (χ2v) is 5.27. The van der Waals surface area contributed by atoms with Crippen LogP contribution in [0, 0.1) is 0 Å². The fourth-order valence-electron chi connectivity index (χ4n) is 1.71. The van der Waals surface area contributed by atoms with E-state index in [1.165, 1.54) is 0 Å². The third-order valence-electron chi connectivity index (χ3n) is 3.14. The molecule has 2 atom stereocenters. The molecule has 0 saturated carbocycles. The van der Waals surface area contributed by atoms with Crippen LogP contribution in [0.2, 0.25) is 0 Å². The molecule has 1 aliphatic rings. The number of hydrogen-bond donors (Lipinski definition) is 1. The largest absolute Gasteiger partial charge is 0.340 e. The standard InChI is InChI=1S/C11H21N3O2S/c1-4-10(15)14-7-17-6-9(14)11(16)13(3)8(2)5-12/h8-9H,4-7,12H2,1-3H3. The second-order valence-electron chi connectivity index (χ2n) is 4.27. The van der Waals surface area contributed by atoms with Crippen LogP contribution in [0.1, 0.15) is 20.3 Å². The molecule has 1 fully saturated rings. The zero-order valence-electron chi connectivity index (χ0n) is 10.7. The number of rotatable bonds is 4. The predicted octanol–water partition coefficient (Wildman–Crippen LogP) is 0.104. The number of amides is 2. The van der Waals surface area contributed by atoms with Crippen molar-refractivity contribution in [1.29, 1.82) is 0 Å². The van der Waals surface area contributed by atoms with Crippen molar-refractivity contribution in [3.63, 3.8) is 0 Å². The first kappa shape index (κ1) is 14.3. The van der Waals surface area contributed by atoms with E-state index < -0.39 is 0 Å². The summed E-state index contributed by atoms with van der Waals surface area (Å²) in [4.78, 5) is 27.3. The Morgan fingerprint density at radius 2 is 2.24 bits per heavy atom. The summed E-state index contributed by atoms with van der Waals surface area (Å²) in [7, 11) is 1.75. The van der Waals surface area contributed by atoms with Gasteiger partial charge in [0.15, 0.2) is 0 Å². The zero-order chi connectivity index (χ0) is 13.0. The molecule has 0 aromatic rings. The highest BCUT2D eigenvalue weighted by molar-refractivity contribution is 7.99. The lowest BCUT2D eigenvalue weighted by Crippen LogP contribution is -2.51. The van der Waals surface area contributed by atoms with Gasteiger partial charge in [-0.3, -0.25) is 9.59 Å². The van der Waals surface area contributed by atoms with Crippen molar-refractivity contribution in [2.75, 3.05) is 25.2 Å². The predicted molar refractivity (Wildman–Crippen MR) is 69.5 cm³/mol. The van der Waals surface area contributed by atoms with E-state index in [2.05, 4.69) is 0 Å². The highest BCUT2D eigenvalue weighted by Gasteiger charge is 2.36. The monoisotopic (exact) mass is 259 g/mol. The molecule has 17 heavy (non-hydrogen) atoms. The molecule has 1 saturated heterocycles. The maximum atomic E-state index is 12.2. The molecule has 0 aromatic heterocycles. The molecule has 2 N–H and O–H groups in total. The fourth-order valence-corrected chi connectivity index (χ4v) is 2.88. The maximum absolute atomic E-state index is 12.2. The van der Waals surface area contributed by atoms with Crippen LogP contribution >= 0.6 is 11.8 Å². The molecule has 6 heteroatoms. The van der Waals surface area contributed by atoms with Crippen molar-refractivity contribution < 1.29 is 9.59 Å². The van der Waals surface area contributed by atoms with Gasteiger partial charge in [-0.25, -0.2) is 0 Å². The molecule has 0 aromatic carbocycles. The Balaban J connectivity index is 2.71. The molecule has 0 bridgehead atoms. The van der Waals surface area contributed by atoms with Crippen LogP contribution in [0.3, 0.4) is 0 Å². The van der Waals surface area contributed by atoms with Gasteiger partial charge in [-0.1, -0.05) is 6.92 Å². The van der Waals surface area contributed by atoms with E-state index >= 15 is 0 Å². The lowest BCUT2D eigenvalue weighted by molar-refractivity contribution is -0.143. The fraction of sp³-hybridized carbons (Fsp3) is 0.818. The number of nitrogens with two attached hydrogens (primary N) is 1. The van der Waals surface area contributed by atoms with Gasteiger partial charge in [0.2, 0.25) is 11.8 Å². The van der Waals surface area contributed by atoms with Crippen LogP contribution < -0.4 is 5.73 Å². The minimum absolute atomic E-state index is 0.00486. The number of thioether (sulfide) groups is 1. The third-order valence-corrected chi connectivity index (χ3v) is 4.15. The first-order valence-corrected chi connectivity index (χ1v) is 7.02. The van der Waals surface area contributed by atoms with Crippen LogP contribution in [0.15, 0.2) is 0 Å². The van der Waals surface area contributed by atoms with Gasteiger partial charge in [0.05, 0.1) is 5.88 Å². The van der Waals surface area contributed by atoms with Crippen molar-refractivity contribution >= 4 is 23.6 Å². The lowest BCUT2D eigenvalue weighted by Gasteiger charge is -2.30. The van der Waals surface area contributed by atoms with Gasteiger partial charge in [0, 0.05) is 31.8 Å². The summed E-state index contributed by atoms with van der Waals surface area (Å²) in [5.41, 5.74) is 5.55. The Kier molecular flexibility index (Phi) is 5.27. The van der Waals surface area contributed by atoms with E-state index in [-0.39, 0.29) is 23.9 Å². The second kappa shape index (κ2) is 6.26. The average molecular weight is 259 g/mol. The van der Waals surface area contributed by atoms with Crippen molar-refractivity contribution in [3.05, 3.63) is 0 Å². The first-order valence-electron chi connectivity index (χ1n) is 5.86. The minimum Gasteiger partial charge on any atom is -0.340 e. The molecule has 1 rings (SSSR count). The van der Waals surface area contributed by atoms with Gasteiger partial charge in [-0.05, 0) is 6.92 Å². The summed E-state index contributed by atoms with van der Waals surface area (Å²) in [6.45, 7) is 4.16. The van der Waals surface area contributed by atoms with E-state index in [0.717, 1.165) is 0 Å². The highest BCUT2D eigenvalue weighted by atomic mass is 32.2. The van der Waals surface area contributed by atoms with Crippen molar-refractivity contribution in [2.45, 2.75) is 32.4 Å². The Bertz CT molecular complexity index is 298. The lowest BCUT2D eigenvalue weighted by atomic mass is 10.2. The molecule has 2 unspecified atom stereocenters. The number of nitrogens with zero attached hydrogens (tertiary/aromatic N) is 2. The summed E-state index contributed by atoms with van der Waals surface area (Å²) in [5.74, 6) is 1.34. The van der Waals surface area contributed by atoms with E-state index in [1.54, 1.807) is 28.6 Å². The van der Waals surface area contributed by atoms with Crippen molar-refractivity contribution in [2.24, 2.45) is 5.73 Å². The molecule has 5 nitrogen and oxygen atoms in total. The Labute approximate surface area is 107 Å². The van der Waals surface area contributed by atoms with E-state index in [4.69, 9.17) is 5.73 Å². The summed E-state index contributed by atoms with van der Waals surface area (Å²) in [6.07, 6.45) is 0.445. The van der Waals surface area contributed by atoms with Crippen LogP contribution in [0.5, 0.6) is 0 Å². The first-order chi connectivity index (χ1) is 8.02. The normalized spacial score (nSPS) is 21.4. The van der Waals surface area contributed by atoms with Crippen molar-refractivity contribution in [3.8, 4) is 0 Å². The molecule has 98 valence electrons. The molecular weight excluding hydrogens is 238 g/mol. The third kappa shape index (κ3) is 3.13. The van der Waals surface area contributed by atoms with Gasteiger partial charge in [0.25, 0.3) is 0 Å². The van der Waals surface area contributed by atoms with Crippen LogP contribution in [-0.4, -0.2) is 58.9 Å². The van der Waals surface area contributed by atoms with E-state index in [9.17, 15) is 9.59 Å². The minimum atomic E-state index is -0.313. The topological polar surface area (TPSA) is 66.6 Å². The van der Waals surface area contributed by atoms with Gasteiger partial charge < -0.3 is 15.5 Å². The number of likely N-dealkylation sites (N-methyl/N-ethyl adjacent to an activating group) is 1. The molecule has 0 radical (unpaired) electrons. The Morgan fingerprint density at radius 3 is 2.76 bits per heavy atom. The van der Waals surface area contributed by atoms with Gasteiger partial charge >= 0.3 is 0 Å². The summed E-state index contributed by atoms with van der Waals surface area (Å²) < 4.78 is 0. The van der Waals surface area contributed by atoms with Crippen LogP contribution in [-0.2, 0) is 9.59 Å². The summed E-state index contributed by atoms with van der Waals surface area (Å²) in [6, 6.07) is -0.307. The maximum Gasteiger partial charge on any atom is 0.246 e. The Hall–Kier alpha value is -0.750. The quantitative estimate of drug-likeness (QED) is 0.778. The van der Waals surface area contributed by atoms with Crippen LogP contribution in [0.4, 0.5) is 0 Å². The molecule has 1 heterocycles. The molecule has 1 aliphatic heterocycles. The summed E-state index contributed by atoms with van der Waals surface area (Å²) >= 11 is 1.63. The van der Waals surface area contributed by atoms with Gasteiger partial charge in [0.1, 0.15) is 6.04 Å². The molecular formula is C11H21N3O2S. The van der Waals surface area contributed by atoms with E-state index in [1.807, 2.05) is 13.8 Å². The molecule has 0 aliphatic carbocycles. The van der Waals surface area contributed by atoms with Gasteiger partial charge in [-0.15, -0.1) is 11.8 Å². The van der Waals surface area contributed by atoms with E-state index in [0.29, 0.717) is 24.6 Å². The zero-order valence-corrected chi connectivity index (χ0v) is 11.5. The van der Waals surface area contributed by atoms with Crippen LogP contribution in [0.25, 0.3) is 0 Å². The summed E-state index contributed by atoms with van der Waals surface area (Å²) in [5, 5.41) is 0. The van der Waals surface area contributed by atoms with Gasteiger partial charge in [-0.2, -0.15) is 0 Å². The molecule has 0 spiro atoms. The number of carbonyl (C=O) groups is 2. The van der Waals surface area contributed by atoms with Crippen molar-refractivity contribution in [1.82, 2.24) is 9.80 Å². The highest BCUT2D eigenvalue weighted by Crippen LogP contribution is 2.23. The Morgan fingerprint density at radius 1 is 1.59 bits per heavy atom.